The monoisotopic (exact) mass is 190 g/mol. The molecule has 0 saturated carbocycles. The van der Waals surface area contributed by atoms with E-state index in [1.54, 1.807) is 0 Å². The second kappa shape index (κ2) is 3.64. The fraction of sp³-hybridized carbons (Fsp3) is 0.556. The van der Waals surface area contributed by atoms with Crippen molar-refractivity contribution in [3.05, 3.63) is 21.7 Å². The highest BCUT2D eigenvalue weighted by Crippen LogP contribution is 2.31. The molecule has 0 nitrogen and oxygen atoms in total. The molecule has 62 valence electrons. The molecule has 0 aromatic heterocycles. The topological polar surface area (TPSA) is 0 Å². The van der Waals surface area contributed by atoms with Crippen molar-refractivity contribution in [2.75, 3.05) is 0 Å². The van der Waals surface area contributed by atoms with Crippen LogP contribution >= 0.6 is 23.2 Å². The van der Waals surface area contributed by atoms with Crippen LogP contribution < -0.4 is 0 Å². The van der Waals surface area contributed by atoms with Crippen molar-refractivity contribution in [1.82, 2.24) is 0 Å². The summed E-state index contributed by atoms with van der Waals surface area (Å²) in [4.78, 5) is 0. The summed E-state index contributed by atoms with van der Waals surface area (Å²) < 4.78 is 0. The normalized spacial score (nSPS) is 19.2. The zero-order chi connectivity index (χ0) is 8.43. The Morgan fingerprint density at radius 3 is 2.36 bits per heavy atom. The lowest BCUT2D eigenvalue weighted by Crippen LogP contribution is -1.99. The summed E-state index contributed by atoms with van der Waals surface area (Å²) >= 11 is 11.7. The van der Waals surface area contributed by atoms with Gasteiger partial charge in [0.2, 0.25) is 0 Å². The van der Waals surface area contributed by atoms with Gasteiger partial charge in [0.25, 0.3) is 0 Å². The molecule has 1 rings (SSSR count). The summed E-state index contributed by atoms with van der Waals surface area (Å²) in [6.07, 6.45) is 3.97. The van der Waals surface area contributed by atoms with E-state index in [0.717, 1.165) is 22.9 Å². The van der Waals surface area contributed by atoms with Crippen LogP contribution in [0.25, 0.3) is 0 Å². The second-order valence-electron chi connectivity index (χ2n) is 3.13. The van der Waals surface area contributed by atoms with Crippen LogP contribution in [-0.4, -0.2) is 0 Å². The Morgan fingerprint density at radius 2 is 1.91 bits per heavy atom. The number of allylic oxidation sites excluding steroid dienone is 4. The molecule has 2 heteroatoms. The Balaban J connectivity index is 2.81. The Morgan fingerprint density at radius 1 is 1.27 bits per heavy atom. The summed E-state index contributed by atoms with van der Waals surface area (Å²) in [7, 11) is 0. The van der Waals surface area contributed by atoms with Crippen molar-refractivity contribution < 1.29 is 0 Å². The van der Waals surface area contributed by atoms with Gasteiger partial charge < -0.3 is 0 Å². The molecule has 0 aliphatic heterocycles. The molecule has 11 heavy (non-hydrogen) atoms. The zero-order valence-corrected chi connectivity index (χ0v) is 8.34. The SMILES string of the molecule is CC(C)C1=CC(Cl)=C(Cl)CC1. The van der Waals surface area contributed by atoms with E-state index >= 15 is 0 Å². The van der Waals surface area contributed by atoms with Gasteiger partial charge in [-0.15, -0.1) is 0 Å². The minimum absolute atomic E-state index is 0.591. The Bertz CT molecular complexity index is 212. The first-order chi connectivity index (χ1) is 5.11. The molecule has 0 fully saturated rings. The molecular formula is C9H12Cl2. The highest BCUT2D eigenvalue weighted by Gasteiger charge is 2.12. The third kappa shape index (κ3) is 2.25. The van der Waals surface area contributed by atoms with Crippen LogP contribution in [0.2, 0.25) is 0 Å². The molecule has 0 saturated heterocycles. The van der Waals surface area contributed by atoms with Crippen LogP contribution in [0.1, 0.15) is 26.7 Å². The van der Waals surface area contributed by atoms with E-state index in [0.29, 0.717) is 5.92 Å². The molecule has 0 atom stereocenters. The van der Waals surface area contributed by atoms with Gasteiger partial charge in [-0.3, -0.25) is 0 Å². The molecule has 0 aromatic carbocycles. The highest BCUT2D eigenvalue weighted by molar-refractivity contribution is 6.40. The summed E-state index contributed by atoms with van der Waals surface area (Å²) in [5.41, 5.74) is 1.40. The molecule has 0 unspecified atom stereocenters. The van der Waals surface area contributed by atoms with Crippen LogP contribution in [0.3, 0.4) is 0 Å². The Hall–Kier alpha value is 0.0600. The van der Waals surface area contributed by atoms with Crippen molar-refractivity contribution in [2.24, 2.45) is 5.92 Å². The molecule has 1 aliphatic rings. The fourth-order valence-corrected chi connectivity index (χ4v) is 1.53. The highest BCUT2D eigenvalue weighted by atomic mass is 35.5. The minimum atomic E-state index is 0.591. The van der Waals surface area contributed by atoms with Crippen molar-refractivity contribution >= 4 is 23.2 Å². The van der Waals surface area contributed by atoms with E-state index in [9.17, 15) is 0 Å². The summed E-state index contributed by atoms with van der Waals surface area (Å²) in [5.74, 6) is 0.591. The maximum atomic E-state index is 5.88. The van der Waals surface area contributed by atoms with Gasteiger partial charge in [-0.2, -0.15) is 0 Å². The molecule has 0 radical (unpaired) electrons. The van der Waals surface area contributed by atoms with Gasteiger partial charge in [0.15, 0.2) is 0 Å². The Labute approximate surface area is 77.9 Å². The first-order valence-electron chi connectivity index (χ1n) is 3.86. The molecule has 0 bridgehead atoms. The predicted molar refractivity (Wildman–Crippen MR) is 50.9 cm³/mol. The van der Waals surface area contributed by atoms with Crippen LogP contribution in [0, 0.1) is 5.92 Å². The largest absolute Gasteiger partial charge is 0.0875 e. The average molecular weight is 191 g/mol. The van der Waals surface area contributed by atoms with E-state index in [-0.39, 0.29) is 0 Å². The average Bonchev–Trinajstić information content (AvgIpc) is 1.94. The van der Waals surface area contributed by atoms with E-state index in [1.807, 2.05) is 6.08 Å². The predicted octanol–water partition coefficient (Wildman–Crippen LogP) is 4.05. The van der Waals surface area contributed by atoms with Gasteiger partial charge in [0.1, 0.15) is 0 Å². The van der Waals surface area contributed by atoms with Crippen LogP contribution in [0.5, 0.6) is 0 Å². The standard InChI is InChI=1S/C9H12Cl2/c1-6(2)7-3-4-8(10)9(11)5-7/h5-6H,3-4H2,1-2H3. The van der Waals surface area contributed by atoms with Crippen molar-refractivity contribution in [3.8, 4) is 0 Å². The second-order valence-corrected chi connectivity index (χ2v) is 3.99. The molecular weight excluding hydrogens is 179 g/mol. The summed E-state index contributed by atoms with van der Waals surface area (Å²) in [5, 5.41) is 1.53. The van der Waals surface area contributed by atoms with Gasteiger partial charge in [-0.25, -0.2) is 0 Å². The first-order valence-corrected chi connectivity index (χ1v) is 4.61. The van der Waals surface area contributed by atoms with Gasteiger partial charge in [-0.1, -0.05) is 42.6 Å². The van der Waals surface area contributed by atoms with Crippen LogP contribution in [0.4, 0.5) is 0 Å². The number of halogens is 2. The maximum absolute atomic E-state index is 5.88. The summed E-state index contributed by atoms with van der Waals surface area (Å²) in [6, 6.07) is 0. The van der Waals surface area contributed by atoms with E-state index in [1.165, 1.54) is 5.57 Å². The zero-order valence-electron chi connectivity index (χ0n) is 6.82. The first kappa shape index (κ1) is 9.15. The third-order valence-corrected chi connectivity index (χ3v) is 2.77. The summed E-state index contributed by atoms with van der Waals surface area (Å²) in [6.45, 7) is 4.35. The lowest BCUT2D eigenvalue weighted by atomic mass is 9.95. The lowest BCUT2D eigenvalue weighted by Gasteiger charge is -2.15. The van der Waals surface area contributed by atoms with E-state index in [2.05, 4.69) is 13.8 Å². The van der Waals surface area contributed by atoms with Gasteiger partial charge >= 0.3 is 0 Å². The van der Waals surface area contributed by atoms with Gasteiger partial charge in [-0.05, 0) is 24.8 Å². The van der Waals surface area contributed by atoms with Crippen LogP contribution in [-0.2, 0) is 0 Å². The quantitative estimate of drug-likeness (QED) is 0.586. The molecule has 0 amide bonds. The third-order valence-electron chi connectivity index (χ3n) is 1.95. The molecule has 1 aliphatic carbocycles. The smallest absolute Gasteiger partial charge is 0.0550 e. The van der Waals surface area contributed by atoms with Crippen LogP contribution in [0.15, 0.2) is 21.7 Å². The number of hydrogen-bond donors (Lipinski definition) is 0. The van der Waals surface area contributed by atoms with E-state index < -0.39 is 0 Å². The molecule has 0 spiro atoms. The fourth-order valence-electron chi connectivity index (χ4n) is 1.14. The van der Waals surface area contributed by atoms with Crippen molar-refractivity contribution in [3.63, 3.8) is 0 Å². The van der Waals surface area contributed by atoms with Crippen molar-refractivity contribution in [2.45, 2.75) is 26.7 Å². The molecule has 0 aromatic rings. The Kier molecular flexibility index (Phi) is 3.03. The van der Waals surface area contributed by atoms with E-state index in [4.69, 9.17) is 23.2 Å². The maximum Gasteiger partial charge on any atom is 0.0550 e. The molecule has 0 N–H and O–H groups in total. The van der Waals surface area contributed by atoms with Gasteiger partial charge in [0, 0.05) is 5.03 Å². The number of rotatable bonds is 1. The van der Waals surface area contributed by atoms with Crippen molar-refractivity contribution in [1.29, 1.82) is 0 Å². The van der Waals surface area contributed by atoms with Gasteiger partial charge in [0.05, 0.1) is 5.03 Å². The number of hydrogen-bond acceptors (Lipinski definition) is 0. The minimum Gasteiger partial charge on any atom is -0.0875 e. The lowest BCUT2D eigenvalue weighted by molar-refractivity contribution is 0.706. The molecule has 0 heterocycles.